The highest BCUT2D eigenvalue weighted by Gasteiger charge is 2.51. The van der Waals surface area contributed by atoms with Gasteiger partial charge in [0.25, 0.3) is 0 Å². The summed E-state index contributed by atoms with van der Waals surface area (Å²) in [7, 11) is 0. The predicted octanol–water partition coefficient (Wildman–Crippen LogP) is 4.44. The van der Waals surface area contributed by atoms with Gasteiger partial charge in [-0.05, 0) is 47.5 Å². The highest BCUT2D eigenvalue weighted by atomic mass is 16.5. The van der Waals surface area contributed by atoms with E-state index in [0.29, 0.717) is 0 Å². The van der Waals surface area contributed by atoms with E-state index in [4.69, 9.17) is 14.2 Å². The van der Waals surface area contributed by atoms with Crippen LogP contribution in [0.3, 0.4) is 0 Å². The van der Waals surface area contributed by atoms with Crippen LogP contribution in [0.25, 0.3) is 0 Å². The van der Waals surface area contributed by atoms with Crippen LogP contribution in [0.5, 0.6) is 86.2 Å². The first-order valence-corrected chi connectivity index (χ1v) is 19.3. The summed E-state index contributed by atoms with van der Waals surface area (Å²) in [5.74, 6) is -12.1. The van der Waals surface area contributed by atoms with Crippen molar-refractivity contribution in [3.63, 3.8) is 0 Å². The molecule has 9 rings (SSSR count). The van der Waals surface area contributed by atoms with E-state index in [-0.39, 0.29) is 68.2 Å². The van der Waals surface area contributed by atoms with Crippen molar-refractivity contribution in [3.8, 4) is 86.2 Å². The monoisotopic (exact) mass is 866 g/mol. The van der Waals surface area contributed by atoms with E-state index >= 15 is 0 Å². The highest BCUT2D eigenvalue weighted by molar-refractivity contribution is 5.71. The molecule has 18 nitrogen and oxygen atoms in total. The van der Waals surface area contributed by atoms with Crippen LogP contribution in [0.15, 0.2) is 78.9 Å². The molecule has 0 aromatic heterocycles. The Labute approximate surface area is 354 Å². The fraction of sp³-hybridized carbons (Fsp3) is 0.200. The van der Waals surface area contributed by atoms with E-state index in [9.17, 15) is 76.6 Å². The smallest absolute Gasteiger partial charge is 0.200 e. The summed E-state index contributed by atoms with van der Waals surface area (Å²) in [4.78, 5) is 0. The third-order valence-electron chi connectivity index (χ3n) is 11.8. The lowest BCUT2D eigenvalue weighted by Gasteiger charge is -2.43. The van der Waals surface area contributed by atoms with Gasteiger partial charge in [0.05, 0.1) is 17.9 Å². The molecule has 0 saturated heterocycles. The summed E-state index contributed by atoms with van der Waals surface area (Å²) >= 11 is 0. The standard InChI is InChI=1S/C45H38O18/c46-18-4-1-15(2-5-18)42-39(59)36(32-24(51)10-19(47)11-31(32)61-42)34-26(53)14-27(54)35-37(40(60)43(63-45(34)35)17-8-28(55)38(58)29(56)9-17)33-25(52)13-22(49)20-12-30(57)41(62-44(20)33)16-3-6-21(48)23(50)7-16/h1-11,13-14,30,36-37,39-43,46-60H,12H2/t30-,36+,37-,39+,40+,41?,42+,43+/m0/s1. The maximum absolute atomic E-state index is 12.5. The number of aliphatic hydroxyl groups is 3. The Bertz CT molecular complexity index is 2800. The number of phenols is 12. The Kier molecular flexibility index (Phi) is 9.46. The molecule has 1 unspecified atom stereocenters. The summed E-state index contributed by atoms with van der Waals surface area (Å²) in [6, 6.07) is 14.8. The molecule has 326 valence electrons. The van der Waals surface area contributed by atoms with E-state index in [2.05, 4.69) is 0 Å². The van der Waals surface area contributed by atoms with E-state index < -0.39 is 117 Å². The number of phenolic OH excluding ortho intramolecular Hbond substituents is 12. The fourth-order valence-electron chi connectivity index (χ4n) is 8.96. The molecule has 0 aliphatic carbocycles. The average Bonchev–Trinajstić information content (AvgIpc) is 3.22. The summed E-state index contributed by atoms with van der Waals surface area (Å²) < 4.78 is 18.9. The van der Waals surface area contributed by atoms with Crippen LogP contribution < -0.4 is 14.2 Å². The minimum absolute atomic E-state index is 0.0833. The Morgan fingerprint density at radius 1 is 0.381 bits per heavy atom. The largest absolute Gasteiger partial charge is 0.508 e. The van der Waals surface area contributed by atoms with E-state index in [1.54, 1.807) is 0 Å². The summed E-state index contributed by atoms with van der Waals surface area (Å²) in [6.07, 6.45) is -9.99. The van der Waals surface area contributed by atoms with Crippen molar-refractivity contribution in [3.05, 3.63) is 123 Å². The molecule has 6 aromatic carbocycles. The van der Waals surface area contributed by atoms with Crippen LogP contribution >= 0.6 is 0 Å². The Hall–Kier alpha value is -7.80. The van der Waals surface area contributed by atoms with Crippen molar-refractivity contribution >= 4 is 0 Å². The van der Waals surface area contributed by atoms with Crippen molar-refractivity contribution in [2.24, 2.45) is 0 Å². The number of fused-ring (bicyclic) bond motifs is 3. The number of hydrogen-bond donors (Lipinski definition) is 15. The Morgan fingerprint density at radius 2 is 0.889 bits per heavy atom. The first-order valence-electron chi connectivity index (χ1n) is 19.3. The number of ether oxygens (including phenoxy) is 3. The third kappa shape index (κ3) is 6.46. The van der Waals surface area contributed by atoms with E-state index in [1.165, 1.54) is 30.3 Å². The van der Waals surface area contributed by atoms with Gasteiger partial charge in [0, 0.05) is 64.1 Å². The van der Waals surface area contributed by atoms with E-state index in [0.717, 1.165) is 48.5 Å². The minimum Gasteiger partial charge on any atom is -0.508 e. The molecule has 3 aliphatic rings. The summed E-state index contributed by atoms with van der Waals surface area (Å²) in [6.45, 7) is 0. The number of benzene rings is 6. The molecule has 0 bridgehead atoms. The zero-order chi connectivity index (χ0) is 44.9. The van der Waals surface area contributed by atoms with Crippen molar-refractivity contribution in [1.82, 2.24) is 0 Å². The molecule has 3 aliphatic heterocycles. The molecule has 0 amide bonds. The molecule has 63 heavy (non-hydrogen) atoms. The van der Waals surface area contributed by atoms with Gasteiger partial charge < -0.3 is 90.8 Å². The molecule has 18 heteroatoms. The second kappa shape index (κ2) is 14.7. The number of hydrogen-bond acceptors (Lipinski definition) is 18. The van der Waals surface area contributed by atoms with Crippen LogP contribution in [0.1, 0.15) is 74.7 Å². The lowest BCUT2D eigenvalue weighted by Crippen LogP contribution is -2.39. The van der Waals surface area contributed by atoms with Crippen molar-refractivity contribution < 1.29 is 90.8 Å². The molecule has 8 atom stereocenters. The fourth-order valence-corrected chi connectivity index (χ4v) is 8.96. The summed E-state index contributed by atoms with van der Waals surface area (Å²) in [5, 5.41) is 167. The lowest BCUT2D eigenvalue weighted by atomic mass is 9.73. The van der Waals surface area contributed by atoms with Crippen molar-refractivity contribution in [2.75, 3.05) is 0 Å². The SMILES string of the molecule is Oc1ccc([C@H]2Oc3cc(O)cc(O)c3[C@H](c3c(O)cc(O)c4c3O[C@H](c3cc(O)c(O)c(O)c3)[C@H](O)[C@H]4c3c(O)cc(O)c4c3OC(c3ccc(O)c(O)c3)[C@@H](O)C4)[C@H]2O)cc1. The molecule has 3 heterocycles. The number of aliphatic hydroxyl groups excluding tert-OH is 3. The van der Waals surface area contributed by atoms with Crippen molar-refractivity contribution in [2.45, 2.75) is 54.9 Å². The van der Waals surface area contributed by atoms with Crippen LogP contribution in [-0.4, -0.2) is 94.9 Å². The molecule has 0 radical (unpaired) electrons. The van der Waals surface area contributed by atoms with Crippen LogP contribution in [-0.2, 0) is 6.42 Å². The van der Waals surface area contributed by atoms with Gasteiger partial charge in [-0.2, -0.15) is 0 Å². The quantitative estimate of drug-likeness (QED) is 0.106. The molecular weight excluding hydrogens is 828 g/mol. The molecule has 6 aromatic rings. The normalized spacial score (nSPS) is 23.6. The number of aromatic hydroxyl groups is 12. The first-order chi connectivity index (χ1) is 29.9. The zero-order valence-electron chi connectivity index (χ0n) is 32.3. The molecule has 15 N–H and O–H groups in total. The lowest BCUT2D eigenvalue weighted by molar-refractivity contribution is -0.00564. The second-order valence-corrected chi connectivity index (χ2v) is 15.7. The third-order valence-corrected chi connectivity index (χ3v) is 11.8. The Morgan fingerprint density at radius 3 is 1.51 bits per heavy atom. The van der Waals surface area contributed by atoms with Gasteiger partial charge in [0.2, 0.25) is 0 Å². The molecule has 0 spiro atoms. The van der Waals surface area contributed by atoms with Gasteiger partial charge in [0.1, 0.15) is 75.8 Å². The minimum atomic E-state index is -1.99. The maximum atomic E-state index is 12.5. The molecule has 0 fully saturated rings. The van der Waals surface area contributed by atoms with Gasteiger partial charge in [-0.25, -0.2) is 0 Å². The number of rotatable bonds is 5. The van der Waals surface area contributed by atoms with Crippen molar-refractivity contribution in [1.29, 1.82) is 0 Å². The van der Waals surface area contributed by atoms with Gasteiger partial charge in [-0.3, -0.25) is 0 Å². The molecule has 0 saturated carbocycles. The van der Waals surface area contributed by atoms with Crippen LogP contribution in [0.4, 0.5) is 0 Å². The topological polar surface area (TPSA) is 331 Å². The average molecular weight is 867 g/mol. The summed E-state index contributed by atoms with van der Waals surface area (Å²) in [5.41, 5.74) is -1.16. The maximum Gasteiger partial charge on any atom is 0.200 e. The highest BCUT2D eigenvalue weighted by Crippen LogP contribution is 2.62. The Balaban J connectivity index is 1.32. The second-order valence-electron chi connectivity index (χ2n) is 15.7. The van der Waals surface area contributed by atoms with Gasteiger partial charge in [-0.15, -0.1) is 0 Å². The van der Waals surface area contributed by atoms with Gasteiger partial charge in [0.15, 0.2) is 41.0 Å². The predicted molar refractivity (Wildman–Crippen MR) is 214 cm³/mol. The van der Waals surface area contributed by atoms with E-state index in [1.807, 2.05) is 0 Å². The molecular formula is C45H38O18. The van der Waals surface area contributed by atoms with Crippen LogP contribution in [0, 0.1) is 0 Å². The van der Waals surface area contributed by atoms with Crippen LogP contribution in [0.2, 0.25) is 0 Å². The van der Waals surface area contributed by atoms with Gasteiger partial charge in [-0.1, -0.05) is 18.2 Å². The zero-order valence-corrected chi connectivity index (χ0v) is 32.3. The van der Waals surface area contributed by atoms with Gasteiger partial charge >= 0.3 is 0 Å². The first kappa shape index (κ1) is 40.6.